The van der Waals surface area contributed by atoms with Crippen molar-refractivity contribution in [2.24, 2.45) is 5.92 Å². The average Bonchev–Trinajstić information content (AvgIpc) is 2.11. The second-order valence-corrected chi connectivity index (χ2v) is 4.14. The minimum Gasteiger partial charge on any atom is -0.748 e. The number of ether oxygens (including phenoxy) is 1. The zero-order valence-corrected chi connectivity index (χ0v) is 9.43. The van der Waals surface area contributed by atoms with E-state index in [1.807, 2.05) is 0 Å². The molecule has 1 saturated heterocycles. The zero-order valence-electron chi connectivity index (χ0n) is 6.61. The summed E-state index contributed by atoms with van der Waals surface area (Å²) in [5, 5.41) is -0.826. The van der Waals surface area contributed by atoms with Gasteiger partial charge in [0.25, 0.3) is 0 Å². The smallest absolute Gasteiger partial charge is 0.748 e. The van der Waals surface area contributed by atoms with E-state index < -0.39 is 15.4 Å². The molecule has 0 aliphatic carbocycles. The molecule has 60 valence electrons. The first-order valence-electron chi connectivity index (χ1n) is 3.04. The van der Waals surface area contributed by atoms with Gasteiger partial charge in [-0.2, -0.15) is 0 Å². The van der Waals surface area contributed by atoms with Crippen LogP contribution in [0.1, 0.15) is 6.92 Å². The van der Waals surface area contributed by atoms with Gasteiger partial charge >= 0.3 is 29.6 Å². The monoisotopic (exact) mass is 188 g/mol. The summed E-state index contributed by atoms with van der Waals surface area (Å²) < 4.78 is 36.0. The summed E-state index contributed by atoms with van der Waals surface area (Å²) in [7, 11) is -4.13. The minimum atomic E-state index is -4.13. The van der Waals surface area contributed by atoms with Crippen LogP contribution in [0.25, 0.3) is 0 Å². The molecule has 0 aromatic heterocycles. The topological polar surface area (TPSA) is 66.4 Å². The van der Waals surface area contributed by atoms with Gasteiger partial charge in [0.1, 0.15) is 10.1 Å². The average molecular weight is 188 g/mol. The van der Waals surface area contributed by atoms with Crippen molar-refractivity contribution in [3.63, 3.8) is 0 Å². The second-order valence-electron chi connectivity index (χ2n) is 2.55. The minimum absolute atomic E-state index is 0. The second kappa shape index (κ2) is 4.20. The molecule has 0 aromatic carbocycles. The third-order valence-corrected chi connectivity index (χ3v) is 3.01. The maximum absolute atomic E-state index is 10.4. The molecule has 2 atom stereocenters. The van der Waals surface area contributed by atoms with Gasteiger partial charge in [0.05, 0.1) is 18.5 Å². The van der Waals surface area contributed by atoms with Crippen LogP contribution in [0.15, 0.2) is 0 Å². The van der Waals surface area contributed by atoms with Gasteiger partial charge in [0, 0.05) is 0 Å². The standard InChI is InChI=1S/C5H10O4S.Na/c1-4-2-9-3-5(4)10(6,7)8;/h4-5H,2-3H2,1H3,(H,6,7,8);/q;+1/p-1. The van der Waals surface area contributed by atoms with Gasteiger partial charge < -0.3 is 9.29 Å². The van der Waals surface area contributed by atoms with Crippen molar-refractivity contribution < 1.29 is 47.3 Å². The molecule has 1 heterocycles. The SMILES string of the molecule is CC1COCC1S(=O)(=O)[O-].[Na+]. The molecule has 0 saturated carbocycles. The van der Waals surface area contributed by atoms with E-state index >= 15 is 0 Å². The summed E-state index contributed by atoms with van der Waals surface area (Å²) in [5.74, 6) is -0.150. The van der Waals surface area contributed by atoms with E-state index in [-0.39, 0.29) is 42.1 Å². The number of rotatable bonds is 1. The van der Waals surface area contributed by atoms with Gasteiger partial charge in [-0.1, -0.05) is 6.92 Å². The Kier molecular flexibility index (Phi) is 4.54. The van der Waals surface area contributed by atoms with Crippen LogP contribution in [0.4, 0.5) is 0 Å². The van der Waals surface area contributed by atoms with E-state index in [0.29, 0.717) is 6.61 Å². The molecule has 1 aliphatic rings. The van der Waals surface area contributed by atoms with Gasteiger partial charge in [-0.15, -0.1) is 0 Å². The van der Waals surface area contributed by atoms with Gasteiger partial charge in [-0.3, -0.25) is 0 Å². The quantitative estimate of drug-likeness (QED) is 0.317. The van der Waals surface area contributed by atoms with E-state index in [4.69, 9.17) is 4.74 Å². The molecule has 1 fully saturated rings. The summed E-state index contributed by atoms with van der Waals surface area (Å²) in [5.41, 5.74) is 0. The molecule has 6 heteroatoms. The van der Waals surface area contributed by atoms with Crippen LogP contribution in [0, 0.1) is 5.92 Å². The third-order valence-electron chi connectivity index (χ3n) is 1.67. The van der Waals surface area contributed by atoms with Crippen LogP contribution in [0.5, 0.6) is 0 Å². The third kappa shape index (κ3) is 3.01. The molecule has 0 N–H and O–H groups in total. The Morgan fingerprint density at radius 3 is 2.18 bits per heavy atom. The predicted molar refractivity (Wildman–Crippen MR) is 33.5 cm³/mol. The van der Waals surface area contributed by atoms with E-state index in [0.717, 1.165) is 0 Å². The van der Waals surface area contributed by atoms with Gasteiger partial charge in [-0.05, 0) is 5.92 Å². The Hall–Kier alpha value is 0.870. The fourth-order valence-electron chi connectivity index (χ4n) is 1.01. The maximum atomic E-state index is 10.4. The molecule has 1 aliphatic heterocycles. The van der Waals surface area contributed by atoms with Crippen LogP contribution in [0.2, 0.25) is 0 Å². The van der Waals surface area contributed by atoms with Crippen molar-refractivity contribution in [1.82, 2.24) is 0 Å². The summed E-state index contributed by atoms with van der Waals surface area (Å²) in [6, 6.07) is 0. The Balaban J connectivity index is 0.000001000. The number of hydrogen-bond acceptors (Lipinski definition) is 4. The van der Waals surface area contributed by atoms with Gasteiger partial charge in [-0.25, -0.2) is 8.42 Å². The first kappa shape index (κ1) is 11.9. The van der Waals surface area contributed by atoms with Crippen molar-refractivity contribution in [3.8, 4) is 0 Å². The van der Waals surface area contributed by atoms with Crippen LogP contribution >= 0.6 is 0 Å². The first-order valence-corrected chi connectivity index (χ1v) is 4.51. The van der Waals surface area contributed by atoms with Crippen molar-refractivity contribution in [1.29, 1.82) is 0 Å². The Morgan fingerprint density at radius 1 is 1.45 bits per heavy atom. The fourth-order valence-corrected chi connectivity index (χ4v) is 1.92. The molecule has 0 amide bonds. The van der Waals surface area contributed by atoms with Crippen LogP contribution in [-0.2, 0) is 14.9 Å². The summed E-state index contributed by atoms with van der Waals surface area (Å²) >= 11 is 0. The van der Waals surface area contributed by atoms with Crippen LogP contribution in [-0.4, -0.2) is 31.4 Å². The molecular formula is C5H9NaO4S. The zero-order chi connectivity index (χ0) is 7.78. The predicted octanol–water partition coefficient (Wildman–Crippen LogP) is -3.43. The first-order chi connectivity index (χ1) is 4.52. The van der Waals surface area contributed by atoms with Crippen molar-refractivity contribution in [3.05, 3.63) is 0 Å². The van der Waals surface area contributed by atoms with Gasteiger partial charge in [0.15, 0.2) is 0 Å². The Labute approximate surface area is 88.3 Å². The molecule has 0 radical (unpaired) electrons. The largest absolute Gasteiger partial charge is 1.00 e. The van der Waals surface area contributed by atoms with Gasteiger partial charge in [0.2, 0.25) is 0 Å². The Morgan fingerprint density at radius 2 is 2.00 bits per heavy atom. The van der Waals surface area contributed by atoms with Crippen LogP contribution in [0.3, 0.4) is 0 Å². The molecule has 0 spiro atoms. The van der Waals surface area contributed by atoms with Crippen LogP contribution < -0.4 is 29.6 Å². The molecule has 11 heavy (non-hydrogen) atoms. The molecule has 2 unspecified atom stereocenters. The van der Waals surface area contributed by atoms with Crippen molar-refractivity contribution in [2.75, 3.05) is 13.2 Å². The van der Waals surface area contributed by atoms with E-state index in [2.05, 4.69) is 0 Å². The summed E-state index contributed by atoms with van der Waals surface area (Å²) in [6.07, 6.45) is 0. The maximum Gasteiger partial charge on any atom is 1.00 e. The molecule has 1 rings (SSSR count). The van der Waals surface area contributed by atoms with E-state index in [1.54, 1.807) is 6.92 Å². The van der Waals surface area contributed by atoms with E-state index in [9.17, 15) is 13.0 Å². The fraction of sp³-hybridized carbons (Fsp3) is 1.00. The van der Waals surface area contributed by atoms with Crippen molar-refractivity contribution >= 4 is 10.1 Å². The summed E-state index contributed by atoms with van der Waals surface area (Å²) in [6.45, 7) is 2.15. The molecular weight excluding hydrogens is 179 g/mol. The van der Waals surface area contributed by atoms with Crippen molar-refractivity contribution in [2.45, 2.75) is 12.2 Å². The Bertz CT molecular complexity index is 213. The normalized spacial score (nSPS) is 31.5. The van der Waals surface area contributed by atoms with E-state index in [1.165, 1.54) is 0 Å². The number of hydrogen-bond donors (Lipinski definition) is 0. The molecule has 0 aromatic rings. The summed E-state index contributed by atoms with van der Waals surface area (Å²) in [4.78, 5) is 0. The molecule has 4 nitrogen and oxygen atoms in total. The molecule has 0 bridgehead atoms.